The number of anilines is 2. The van der Waals surface area contributed by atoms with Gasteiger partial charge >= 0.3 is 11.9 Å². The molecule has 2 aromatic carbocycles. The molecular weight excluding hydrogens is 436 g/mol. The number of benzene rings is 2. The molecule has 0 aromatic heterocycles. The zero-order valence-corrected chi connectivity index (χ0v) is 19.8. The predicted molar refractivity (Wildman–Crippen MR) is 128 cm³/mol. The maximum absolute atomic E-state index is 12.5. The van der Waals surface area contributed by atoms with Gasteiger partial charge in [0.1, 0.15) is 0 Å². The van der Waals surface area contributed by atoms with Gasteiger partial charge < -0.3 is 19.7 Å². The van der Waals surface area contributed by atoms with Gasteiger partial charge in [-0.3, -0.25) is 14.4 Å². The number of hydrogen-bond donors (Lipinski definition) is 1. The zero-order chi connectivity index (χ0) is 24.7. The molecule has 1 fully saturated rings. The Morgan fingerprint density at radius 1 is 1.06 bits per heavy atom. The summed E-state index contributed by atoms with van der Waals surface area (Å²) >= 11 is 0. The van der Waals surface area contributed by atoms with Crippen molar-refractivity contribution < 1.29 is 28.7 Å². The molecule has 1 N–H and O–H groups in total. The average Bonchev–Trinajstić information content (AvgIpc) is 3.21. The molecule has 2 amide bonds. The molecule has 0 spiro atoms. The average molecular weight is 467 g/mol. The van der Waals surface area contributed by atoms with E-state index in [9.17, 15) is 19.2 Å². The van der Waals surface area contributed by atoms with Gasteiger partial charge in [-0.25, -0.2) is 4.79 Å². The number of nitrogens with zero attached hydrogens (tertiary/aromatic N) is 1. The minimum atomic E-state index is -0.667. The van der Waals surface area contributed by atoms with E-state index in [4.69, 9.17) is 9.47 Å². The first-order chi connectivity index (χ1) is 16.3. The summed E-state index contributed by atoms with van der Waals surface area (Å²) in [5, 5.41) is 2.73. The van der Waals surface area contributed by atoms with Crippen LogP contribution in [0.2, 0.25) is 0 Å². The number of esters is 2. The van der Waals surface area contributed by atoms with Crippen LogP contribution < -0.4 is 10.2 Å². The Hall–Kier alpha value is -3.68. The van der Waals surface area contributed by atoms with Crippen molar-refractivity contribution in [1.29, 1.82) is 0 Å². The number of unbranched alkanes of at least 4 members (excludes halogenated alkanes) is 1. The molecule has 2 aromatic rings. The molecule has 0 unspecified atom stereocenters. The lowest BCUT2D eigenvalue weighted by atomic mass is 10.1. The predicted octanol–water partition coefficient (Wildman–Crippen LogP) is 3.80. The first-order valence-corrected chi connectivity index (χ1v) is 11.4. The summed E-state index contributed by atoms with van der Waals surface area (Å²) in [6.07, 6.45) is 1.74. The summed E-state index contributed by atoms with van der Waals surface area (Å²) in [6, 6.07) is 12.1. The van der Waals surface area contributed by atoms with E-state index in [1.54, 1.807) is 30.3 Å². The summed E-state index contributed by atoms with van der Waals surface area (Å²) in [5.74, 6) is -2.33. The first kappa shape index (κ1) is 25.0. The van der Waals surface area contributed by atoms with Crippen LogP contribution in [-0.2, 0) is 23.9 Å². The van der Waals surface area contributed by atoms with Crippen LogP contribution in [0.5, 0.6) is 0 Å². The van der Waals surface area contributed by atoms with Crippen LogP contribution in [-0.4, -0.2) is 43.5 Å². The molecular formula is C26H30N2O6. The van der Waals surface area contributed by atoms with Gasteiger partial charge in [-0.2, -0.15) is 0 Å². The van der Waals surface area contributed by atoms with Gasteiger partial charge in [-0.1, -0.05) is 31.0 Å². The summed E-state index contributed by atoms with van der Waals surface area (Å²) < 4.78 is 10.3. The SMILES string of the molecule is CCCCOC(=O)c1ccc(N2C[C@H](C(=O)OCC(=O)Nc3ccc(C)cc3C)CC2=O)cc1. The highest BCUT2D eigenvalue weighted by Gasteiger charge is 2.36. The summed E-state index contributed by atoms with van der Waals surface area (Å²) in [4.78, 5) is 50.6. The van der Waals surface area contributed by atoms with Crippen molar-refractivity contribution in [3.8, 4) is 0 Å². The number of carbonyl (C=O) groups is 4. The monoisotopic (exact) mass is 466 g/mol. The van der Waals surface area contributed by atoms with Gasteiger partial charge in [0.2, 0.25) is 5.91 Å². The summed E-state index contributed by atoms with van der Waals surface area (Å²) in [7, 11) is 0. The third-order valence-electron chi connectivity index (χ3n) is 5.61. The molecule has 8 nitrogen and oxygen atoms in total. The number of hydrogen-bond acceptors (Lipinski definition) is 6. The molecule has 0 aliphatic carbocycles. The van der Waals surface area contributed by atoms with Gasteiger partial charge in [0, 0.05) is 24.3 Å². The van der Waals surface area contributed by atoms with Crippen LogP contribution in [0.15, 0.2) is 42.5 Å². The molecule has 3 rings (SSSR count). The molecule has 1 atom stereocenters. The number of ether oxygens (including phenoxy) is 2. The molecule has 1 aliphatic heterocycles. The zero-order valence-electron chi connectivity index (χ0n) is 19.8. The fraction of sp³-hybridized carbons (Fsp3) is 0.385. The van der Waals surface area contributed by atoms with Gasteiger partial charge in [0.25, 0.3) is 5.91 Å². The van der Waals surface area contributed by atoms with Crippen molar-refractivity contribution >= 4 is 35.1 Å². The minimum absolute atomic E-state index is 0.00165. The number of carbonyl (C=O) groups excluding carboxylic acids is 4. The Labute approximate surface area is 199 Å². The molecule has 34 heavy (non-hydrogen) atoms. The normalized spacial score (nSPS) is 15.2. The fourth-order valence-electron chi connectivity index (χ4n) is 3.68. The lowest BCUT2D eigenvalue weighted by Crippen LogP contribution is -2.28. The van der Waals surface area contributed by atoms with Crippen molar-refractivity contribution in [3.05, 3.63) is 59.2 Å². The van der Waals surface area contributed by atoms with E-state index in [0.717, 1.165) is 24.0 Å². The second-order valence-electron chi connectivity index (χ2n) is 8.42. The molecule has 180 valence electrons. The number of aryl methyl sites for hydroxylation is 2. The van der Waals surface area contributed by atoms with Crippen molar-refractivity contribution in [2.24, 2.45) is 5.92 Å². The van der Waals surface area contributed by atoms with Gasteiger partial charge in [-0.05, 0) is 56.2 Å². The fourth-order valence-corrected chi connectivity index (χ4v) is 3.68. The molecule has 1 saturated heterocycles. The maximum atomic E-state index is 12.5. The largest absolute Gasteiger partial charge is 0.462 e. The van der Waals surface area contributed by atoms with Crippen molar-refractivity contribution in [2.45, 2.75) is 40.0 Å². The Morgan fingerprint density at radius 3 is 2.47 bits per heavy atom. The van der Waals surface area contributed by atoms with E-state index in [1.807, 2.05) is 32.9 Å². The lowest BCUT2D eigenvalue weighted by Gasteiger charge is -2.17. The summed E-state index contributed by atoms with van der Waals surface area (Å²) in [5.41, 5.74) is 3.64. The molecule has 8 heteroatoms. The Bertz CT molecular complexity index is 1060. The minimum Gasteiger partial charge on any atom is -0.462 e. The van der Waals surface area contributed by atoms with E-state index in [-0.39, 0.29) is 18.9 Å². The van der Waals surface area contributed by atoms with E-state index in [1.165, 1.54) is 4.90 Å². The highest BCUT2D eigenvalue weighted by atomic mass is 16.5. The molecule has 1 aliphatic rings. The van der Waals surface area contributed by atoms with Crippen LogP contribution in [0.1, 0.15) is 47.7 Å². The van der Waals surface area contributed by atoms with Crippen molar-refractivity contribution in [2.75, 3.05) is 30.0 Å². The summed E-state index contributed by atoms with van der Waals surface area (Å²) in [6.45, 7) is 5.95. The second kappa shape index (κ2) is 11.4. The van der Waals surface area contributed by atoms with Crippen LogP contribution >= 0.6 is 0 Å². The van der Waals surface area contributed by atoms with Crippen molar-refractivity contribution in [1.82, 2.24) is 0 Å². The van der Waals surface area contributed by atoms with E-state index >= 15 is 0 Å². The van der Waals surface area contributed by atoms with Crippen molar-refractivity contribution in [3.63, 3.8) is 0 Å². The van der Waals surface area contributed by atoms with Gasteiger partial charge in [-0.15, -0.1) is 0 Å². The van der Waals surface area contributed by atoms with E-state index < -0.39 is 30.4 Å². The van der Waals surface area contributed by atoms with Crippen LogP contribution in [0.3, 0.4) is 0 Å². The van der Waals surface area contributed by atoms with Gasteiger partial charge in [0.15, 0.2) is 6.61 Å². The number of nitrogens with one attached hydrogen (secondary N) is 1. The Morgan fingerprint density at radius 2 is 1.79 bits per heavy atom. The first-order valence-electron chi connectivity index (χ1n) is 11.4. The third-order valence-corrected chi connectivity index (χ3v) is 5.61. The Balaban J connectivity index is 1.51. The van der Waals surface area contributed by atoms with Crippen LogP contribution in [0.25, 0.3) is 0 Å². The lowest BCUT2D eigenvalue weighted by molar-refractivity contribution is -0.151. The molecule has 0 saturated carbocycles. The maximum Gasteiger partial charge on any atom is 0.338 e. The number of rotatable bonds is 9. The standard InChI is InChI=1S/C26H30N2O6/c1-4-5-12-33-25(31)19-7-9-21(10-8-19)28-15-20(14-24(28)30)26(32)34-16-23(29)27-22-11-6-17(2)13-18(22)3/h6-11,13,20H,4-5,12,14-16H2,1-3H3,(H,27,29)/t20-/m1/s1. The highest BCUT2D eigenvalue weighted by molar-refractivity contribution is 6.00. The Kier molecular flexibility index (Phi) is 8.40. The van der Waals surface area contributed by atoms with E-state index in [0.29, 0.717) is 23.5 Å². The van der Waals surface area contributed by atoms with Crippen LogP contribution in [0, 0.1) is 19.8 Å². The van der Waals surface area contributed by atoms with E-state index in [2.05, 4.69) is 5.32 Å². The number of amides is 2. The smallest absolute Gasteiger partial charge is 0.338 e. The third kappa shape index (κ3) is 6.43. The molecule has 1 heterocycles. The van der Waals surface area contributed by atoms with Gasteiger partial charge in [0.05, 0.1) is 18.1 Å². The molecule has 0 radical (unpaired) electrons. The molecule has 0 bridgehead atoms. The van der Waals surface area contributed by atoms with Crippen LogP contribution in [0.4, 0.5) is 11.4 Å². The highest BCUT2D eigenvalue weighted by Crippen LogP contribution is 2.26. The quantitative estimate of drug-likeness (QED) is 0.446. The topological polar surface area (TPSA) is 102 Å². The second-order valence-corrected chi connectivity index (χ2v) is 8.42.